The quantitative estimate of drug-likeness (QED) is 0.636. The molecule has 0 saturated heterocycles. The Hall–Kier alpha value is -3.55. The molecule has 8 heteroatoms. The van der Waals surface area contributed by atoms with Gasteiger partial charge in [0.15, 0.2) is 18.1 Å². The molecule has 30 heavy (non-hydrogen) atoms. The summed E-state index contributed by atoms with van der Waals surface area (Å²) in [6.07, 6.45) is 0.600. The summed E-state index contributed by atoms with van der Waals surface area (Å²) in [5, 5.41) is 5.17. The summed E-state index contributed by atoms with van der Waals surface area (Å²) in [5.41, 5.74) is 2.29. The summed E-state index contributed by atoms with van der Waals surface area (Å²) >= 11 is 0. The zero-order valence-electron chi connectivity index (χ0n) is 16.7. The number of esters is 1. The van der Waals surface area contributed by atoms with Gasteiger partial charge in [-0.1, -0.05) is 24.3 Å². The number of benzene rings is 2. The van der Waals surface area contributed by atoms with Crippen molar-refractivity contribution in [2.24, 2.45) is 0 Å². The van der Waals surface area contributed by atoms with E-state index in [0.29, 0.717) is 37.5 Å². The summed E-state index contributed by atoms with van der Waals surface area (Å²) < 4.78 is 15.9. The Morgan fingerprint density at radius 1 is 1.00 bits per heavy atom. The van der Waals surface area contributed by atoms with Gasteiger partial charge in [0.05, 0.1) is 0 Å². The third-order valence-corrected chi connectivity index (χ3v) is 4.49. The Bertz CT molecular complexity index is 928. The maximum absolute atomic E-state index is 12.1. The minimum atomic E-state index is -0.682. The van der Waals surface area contributed by atoms with Crippen LogP contribution in [0.2, 0.25) is 0 Å². The molecule has 2 aromatic rings. The summed E-state index contributed by atoms with van der Waals surface area (Å²) in [5.74, 6) is -0.0406. The molecule has 2 N–H and O–H groups in total. The molecule has 0 spiro atoms. The number of hydrogen-bond acceptors (Lipinski definition) is 6. The van der Waals surface area contributed by atoms with Crippen molar-refractivity contribution in [3.05, 3.63) is 59.2 Å². The second-order valence-corrected chi connectivity index (χ2v) is 6.74. The highest BCUT2D eigenvalue weighted by molar-refractivity contribution is 5.97. The number of aryl methyl sites for hydroxylation is 1. The second-order valence-electron chi connectivity index (χ2n) is 6.74. The van der Waals surface area contributed by atoms with Gasteiger partial charge in [-0.2, -0.15) is 0 Å². The fourth-order valence-corrected chi connectivity index (χ4v) is 2.91. The predicted octanol–water partition coefficient (Wildman–Crippen LogP) is 1.40. The Balaban J connectivity index is 1.33. The van der Waals surface area contributed by atoms with E-state index in [0.717, 1.165) is 16.9 Å². The lowest BCUT2D eigenvalue weighted by atomic mass is 10.1. The van der Waals surface area contributed by atoms with Crippen molar-refractivity contribution < 1.29 is 28.6 Å². The van der Waals surface area contributed by atoms with Crippen molar-refractivity contribution in [3.8, 4) is 11.5 Å². The highest BCUT2D eigenvalue weighted by atomic mass is 16.6. The van der Waals surface area contributed by atoms with E-state index in [-0.39, 0.29) is 12.5 Å². The molecule has 0 unspecified atom stereocenters. The lowest BCUT2D eigenvalue weighted by Gasteiger charge is -2.18. The van der Waals surface area contributed by atoms with E-state index < -0.39 is 18.5 Å². The number of carbonyl (C=O) groups is 3. The van der Waals surface area contributed by atoms with Crippen molar-refractivity contribution in [1.29, 1.82) is 0 Å². The molecule has 0 atom stereocenters. The zero-order chi connectivity index (χ0) is 21.3. The standard InChI is InChI=1S/C22H24N2O6/c1-15-4-2-3-5-17(15)22(27)24-13-21(26)30-14-20(25)23-9-8-16-6-7-18-19(12-16)29-11-10-28-18/h2-7,12H,8-11,13-14H2,1H3,(H,23,25)(H,24,27). The number of nitrogens with one attached hydrogen (secondary N) is 2. The van der Waals surface area contributed by atoms with Crippen LogP contribution in [0.3, 0.4) is 0 Å². The van der Waals surface area contributed by atoms with Crippen LogP contribution in [0.15, 0.2) is 42.5 Å². The average molecular weight is 412 g/mol. The molecular formula is C22H24N2O6. The van der Waals surface area contributed by atoms with Crippen LogP contribution in [-0.4, -0.2) is 50.7 Å². The highest BCUT2D eigenvalue weighted by Gasteiger charge is 2.13. The van der Waals surface area contributed by atoms with E-state index in [1.165, 1.54) is 0 Å². The zero-order valence-corrected chi connectivity index (χ0v) is 16.7. The van der Waals surface area contributed by atoms with E-state index in [1.807, 2.05) is 37.3 Å². The molecule has 1 aliphatic heterocycles. The number of fused-ring (bicyclic) bond motifs is 1. The van der Waals surface area contributed by atoms with Gasteiger partial charge < -0.3 is 24.8 Å². The molecular weight excluding hydrogens is 388 g/mol. The summed E-state index contributed by atoms with van der Waals surface area (Å²) in [7, 11) is 0. The number of carbonyl (C=O) groups excluding carboxylic acids is 3. The number of hydrogen-bond donors (Lipinski definition) is 2. The fraction of sp³-hybridized carbons (Fsp3) is 0.318. The molecule has 0 fully saturated rings. The van der Waals surface area contributed by atoms with Crippen LogP contribution in [0.5, 0.6) is 11.5 Å². The van der Waals surface area contributed by atoms with E-state index in [2.05, 4.69) is 10.6 Å². The smallest absolute Gasteiger partial charge is 0.325 e. The Labute approximate surface area is 174 Å². The van der Waals surface area contributed by atoms with Crippen LogP contribution in [0.25, 0.3) is 0 Å². The minimum Gasteiger partial charge on any atom is -0.486 e. The van der Waals surface area contributed by atoms with Gasteiger partial charge in [-0.05, 0) is 42.7 Å². The SMILES string of the molecule is Cc1ccccc1C(=O)NCC(=O)OCC(=O)NCCc1ccc2c(c1)OCCO2. The Kier molecular flexibility index (Phi) is 7.26. The molecule has 0 aromatic heterocycles. The number of rotatable bonds is 8. The monoisotopic (exact) mass is 412 g/mol. The normalized spacial score (nSPS) is 12.0. The fourth-order valence-electron chi connectivity index (χ4n) is 2.91. The van der Waals surface area contributed by atoms with Crippen LogP contribution >= 0.6 is 0 Å². The van der Waals surface area contributed by atoms with Crippen LogP contribution in [0.1, 0.15) is 21.5 Å². The largest absolute Gasteiger partial charge is 0.486 e. The molecule has 0 radical (unpaired) electrons. The summed E-state index contributed by atoms with van der Waals surface area (Å²) in [6, 6.07) is 12.7. The van der Waals surface area contributed by atoms with E-state index in [9.17, 15) is 14.4 Å². The van der Waals surface area contributed by atoms with Crippen molar-refractivity contribution in [1.82, 2.24) is 10.6 Å². The van der Waals surface area contributed by atoms with Gasteiger partial charge >= 0.3 is 5.97 Å². The number of amides is 2. The molecule has 3 rings (SSSR count). The van der Waals surface area contributed by atoms with Crippen molar-refractivity contribution >= 4 is 17.8 Å². The lowest BCUT2D eigenvalue weighted by molar-refractivity contribution is -0.147. The molecule has 1 heterocycles. The van der Waals surface area contributed by atoms with Crippen LogP contribution < -0.4 is 20.1 Å². The molecule has 2 amide bonds. The van der Waals surface area contributed by atoms with Gasteiger partial charge in [0.25, 0.3) is 11.8 Å². The van der Waals surface area contributed by atoms with Crippen LogP contribution in [-0.2, 0) is 20.7 Å². The molecule has 158 valence electrons. The predicted molar refractivity (Wildman–Crippen MR) is 109 cm³/mol. The van der Waals surface area contributed by atoms with E-state index in [4.69, 9.17) is 14.2 Å². The van der Waals surface area contributed by atoms with Gasteiger partial charge in [0, 0.05) is 12.1 Å². The Morgan fingerprint density at radius 3 is 2.57 bits per heavy atom. The molecule has 0 aliphatic carbocycles. The first-order valence-electron chi connectivity index (χ1n) is 9.67. The topological polar surface area (TPSA) is 103 Å². The molecule has 0 saturated carbocycles. The molecule has 0 bridgehead atoms. The second kappa shape index (κ2) is 10.3. The van der Waals surface area contributed by atoms with Gasteiger partial charge in [0.2, 0.25) is 0 Å². The first kappa shape index (κ1) is 21.2. The first-order chi connectivity index (χ1) is 14.5. The maximum Gasteiger partial charge on any atom is 0.325 e. The summed E-state index contributed by atoms with van der Waals surface area (Å²) in [6.45, 7) is 2.54. The van der Waals surface area contributed by atoms with E-state index in [1.54, 1.807) is 12.1 Å². The van der Waals surface area contributed by atoms with Gasteiger partial charge in [-0.25, -0.2) is 0 Å². The van der Waals surface area contributed by atoms with E-state index >= 15 is 0 Å². The first-order valence-corrected chi connectivity index (χ1v) is 9.67. The van der Waals surface area contributed by atoms with Crippen LogP contribution in [0, 0.1) is 6.92 Å². The van der Waals surface area contributed by atoms with Gasteiger partial charge in [-0.15, -0.1) is 0 Å². The highest BCUT2D eigenvalue weighted by Crippen LogP contribution is 2.30. The maximum atomic E-state index is 12.1. The van der Waals surface area contributed by atoms with Crippen molar-refractivity contribution in [2.45, 2.75) is 13.3 Å². The van der Waals surface area contributed by atoms with Gasteiger partial charge in [0.1, 0.15) is 19.8 Å². The minimum absolute atomic E-state index is 0.308. The number of ether oxygens (including phenoxy) is 3. The Morgan fingerprint density at radius 2 is 1.77 bits per heavy atom. The third-order valence-electron chi connectivity index (χ3n) is 4.49. The lowest BCUT2D eigenvalue weighted by Crippen LogP contribution is -2.34. The molecule has 2 aromatic carbocycles. The van der Waals surface area contributed by atoms with Crippen molar-refractivity contribution in [2.75, 3.05) is 32.9 Å². The van der Waals surface area contributed by atoms with Crippen LogP contribution in [0.4, 0.5) is 0 Å². The molecule has 8 nitrogen and oxygen atoms in total. The molecule has 1 aliphatic rings. The van der Waals surface area contributed by atoms with Crippen molar-refractivity contribution in [3.63, 3.8) is 0 Å². The third kappa shape index (κ3) is 5.97. The van der Waals surface area contributed by atoms with Gasteiger partial charge in [-0.3, -0.25) is 14.4 Å². The average Bonchev–Trinajstić information content (AvgIpc) is 2.76. The summed E-state index contributed by atoms with van der Waals surface area (Å²) in [4.78, 5) is 35.7.